The summed E-state index contributed by atoms with van der Waals surface area (Å²) in [6.45, 7) is 0. The van der Waals surface area contributed by atoms with Crippen molar-refractivity contribution in [3.8, 4) is 45.6 Å². The van der Waals surface area contributed by atoms with Crippen LogP contribution in [0.15, 0.2) is 224 Å². The van der Waals surface area contributed by atoms with Gasteiger partial charge in [0, 0.05) is 123 Å². The molecule has 8 aromatic carbocycles. The Morgan fingerprint density at radius 3 is 0.630 bits per heavy atom. The predicted molar refractivity (Wildman–Crippen MR) is 293 cm³/mol. The molecule has 8 bridgehead atoms. The molecule has 0 atom stereocenters. The topological polar surface area (TPSA) is 106 Å². The van der Waals surface area contributed by atoms with Crippen LogP contribution in [0.4, 0.5) is 0 Å². The second-order valence-corrected chi connectivity index (χ2v) is 26.1. The third kappa shape index (κ3) is 7.01. The van der Waals surface area contributed by atoms with Crippen molar-refractivity contribution in [2.75, 3.05) is 0 Å². The summed E-state index contributed by atoms with van der Waals surface area (Å²) in [6.07, 6.45) is 0. The Bertz CT molecular complexity index is 3960. The van der Waals surface area contributed by atoms with Crippen LogP contribution in [-0.4, -0.2) is 29.9 Å². The van der Waals surface area contributed by atoms with Crippen molar-refractivity contribution in [2.24, 2.45) is 0 Å². The van der Waals surface area contributed by atoms with Gasteiger partial charge < -0.3 is 29.9 Å². The summed E-state index contributed by atoms with van der Waals surface area (Å²) in [4.78, 5) is 62.2. The number of hydrogen-bond acceptors (Lipinski definition) is 14. The van der Waals surface area contributed by atoms with Crippen molar-refractivity contribution in [3.05, 3.63) is 146 Å². The zero-order valence-electron chi connectivity index (χ0n) is 37.0. The van der Waals surface area contributed by atoms with Crippen LogP contribution in [0.5, 0.6) is 0 Å². The summed E-state index contributed by atoms with van der Waals surface area (Å²) in [5, 5.41) is 3.58. The van der Waals surface area contributed by atoms with Gasteiger partial charge in [0.15, 0.2) is 0 Å². The molecule has 0 fully saturated rings. The molecule has 0 spiro atoms. The van der Waals surface area contributed by atoms with Gasteiger partial charge >= 0.3 is 17.1 Å². The minimum absolute atomic E-state index is 0. The molecule has 0 saturated carbocycles. The van der Waals surface area contributed by atoms with Crippen molar-refractivity contribution in [2.45, 2.75) is 78.3 Å². The predicted octanol–water partition coefficient (Wildman–Crippen LogP) is 16.6. The van der Waals surface area contributed by atoms with Gasteiger partial charge in [0.05, 0.1) is 23.3 Å². The van der Waals surface area contributed by atoms with Crippen LogP contribution in [0.2, 0.25) is 0 Å². The maximum absolute atomic E-state index is 5.45. The molecule has 17 heteroatoms. The molecule has 11 aromatic rings. The molecule has 347 valence electrons. The van der Waals surface area contributed by atoms with Crippen LogP contribution in [-0.2, 0) is 17.1 Å². The van der Waals surface area contributed by atoms with E-state index in [-0.39, 0.29) is 17.1 Å². The summed E-state index contributed by atoms with van der Waals surface area (Å²) in [6, 6.07) is 52.1. The largest absolute Gasteiger partial charge is 2.00 e. The molecule has 8 nitrogen and oxygen atoms in total. The third-order valence-electron chi connectivity index (χ3n) is 13.1. The molecule has 0 aliphatic carbocycles. The average molecular weight is 1130 g/mol. The first kappa shape index (κ1) is 43.8. The van der Waals surface area contributed by atoms with Crippen molar-refractivity contribution >= 4 is 138 Å². The number of fused-ring (bicyclic) bond motifs is 28. The van der Waals surface area contributed by atoms with Crippen LogP contribution >= 0.6 is 94.1 Å². The minimum Gasteiger partial charge on any atom is -0.357 e. The molecule has 6 aliphatic heterocycles. The molecule has 6 aliphatic rings. The van der Waals surface area contributed by atoms with Crippen LogP contribution < -0.4 is 9.97 Å². The molecule has 3 aromatic heterocycles. The Hall–Kier alpha value is -5.56. The van der Waals surface area contributed by atoms with Crippen LogP contribution in [0.25, 0.3) is 89.7 Å². The molecular formula is C56H24CuN8S8. The van der Waals surface area contributed by atoms with Crippen molar-refractivity contribution in [3.63, 3.8) is 0 Å². The molecule has 0 unspecified atom stereocenters. The number of hydrogen-bond donors (Lipinski definition) is 0. The van der Waals surface area contributed by atoms with Gasteiger partial charge in [-0.2, -0.15) is 0 Å². The van der Waals surface area contributed by atoms with E-state index in [1.165, 1.54) is 39.2 Å². The Morgan fingerprint density at radius 2 is 0.425 bits per heavy atom. The van der Waals surface area contributed by atoms with Crippen LogP contribution in [0.3, 0.4) is 0 Å². The quantitative estimate of drug-likeness (QED) is 0.134. The Kier molecular flexibility index (Phi) is 10.0. The van der Waals surface area contributed by atoms with Crippen molar-refractivity contribution in [1.82, 2.24) is 39.9 Å². The summed E-state index contributed by atoms with van der Waals surface area (Å²) in [5.41, 5.74) is 5.75. The SMILES string of the molecule is [Cu+2].c1ccc2c(c1)Sc1cc3c(cc1S2)-c1nc-3nc2[n-]c(nc3nc(nc4[n-]c(n1)c1cc5c(cc41)Sc1ccccc1S5)-c1cc4c(cc1-3)Sc1ccccc1S4)c1cc3c(cc21)Sc1ccccc1S3. The Morgan fingerprint density at radius 1 is 0.233 bits per heavy atom. The van der Waals surface area contributed by atoms with E-state index in [0.29, 0.717) is 45.9 Å². The molecule has 9 heterocycles. The zero-order valence-corrected chi connectivity index (χ0v) is 44.5. The maximum Gasteiger partial charge on any atom is 2.00 e. The maximum atomic E-state index is 5.45. The molecule has 1 radical (unpaired) electrons. The van der Waals surface area contributed by atoms with E-state index in [4.69, 9.17) is 39.9 Å². The molecule has 0 saturated heterocycles. The van der Waals surface area contributed by atoms with E-state index < -0.39 is 0 Å². The molecule has 73 heavy (non-hydrogen) atoms. The van der Waals surface area contributed by atoms with Gasteiger partial charge in [0.25, 0.3) is 0 Å². The van der Waals surface area contributed by atoms with Gasteiger partial charge in [-0.3, -0.25) is 0 Å². The van der Waals surface area contributed by atoms with Gasteiger partial charge in [-0.15, -0.1) is 0 Å². The first-order valence-corrected chi connectivity index (χ1v) is 29.3. The van der Waals surface area contributed by atoms with E-state index in [9.17, 15) is 0 Å². The number of benzene rings is 8. The zero-order chi connectivity index (χ0) is 46.8. The molecule has 17 rings (SSSR count). The summed E-state index contributed by atoms with van der Waals surface area (Å²) >= 11 is 14.2. The summed E-state index contributed by atoms with van der Waals surface area (Å²) in [5.74, 6) is 2.17. The number of aromatic nitrogens is 8. The van der Waals surface area contributed by atoms with Crippen LogP contribution in [0.1, 0.15) is 0 Å². The number of nitrogens with zero attached hydrogens (tertiary/aromatic N) is 8. The minimum atomic E-state index is 0. The van der Waals surface area contributed by atoms with E-state index in [1.807, 2.05) is 0 Å². The summed E-state index contributed by atoms with van der Waals surface area (Å²) < 4.78 is 0. The van der Waals surface area contributed by atoms with Crippen molar-refractivity contribution < 1.29 is 17.1 Å². The molecule has 0 amide bonds. The smallest absolute Gasteiger partial charge is 0.357 e. The second-order valence-electron chi connectivity index (χ2n) is 17.5. The van der Waals surface area contributed by atoms with Gasteiger partial charge in [-0.25, -0.2) is 9.97 Å². The van der Waals surface area contributed by atoms with E-state index >= 15 is 0 Å². The van der Waals surface area contributed by atoms with E-state index in [0.717, 1.165) is 83.0 Å². The van der Waals surface area contributed by atoms with Gasteiger partial charge in [-0.05, 0) is 119 Å². The van der Waals surface area contributed by atoms with Gasteiger partial charge in [-0.1, -0.05) is 143 Å². The Labute approximate surface area is 460 Å². The normalized spacial score (nSPS) is 14.0. The standard InChI is InChI=1S/C56H24N8S8.Cu/c1-2-10-34-33(9-1)65-41-17-25-26(18-42(41)66-34)50-57-49(25)61-51-27-19-43-44(68-36-12-4-3-11-35(36)67-43)20-28(27)53(58-51)63-55-31-23-47-48(72-40-16-8-7-15-39(40)71-47)24-32(31)56(60-55)64-54-30-22-46-45(21-29(30)52(59-54)62-50)69-37-13-5-6-14-38(37)70-46;/h1-24H;/q-2;+2. The molecular weight excluding hydrogens is 1100 g/mol. The average Bonchev–Trinajstić information content (AvgIpc) is 4.13. The fourth-order valence-electron chi connectivity index (χ4n) is 9.75. The number of rotatable bonds is 0. The van der Waals surface area contributed by atoms with Crippen LogP contribution in [0, 0.1) is 0 Å². The van der Waals surface area contributed by atoms with E-state index in [2.05, 4.69) is 146 Å². The van der Waals surface area contributed by atoms with Gasteiger partial charge in [0.1, 0.15) is 0 Å². The molecule has 0 N–H and O–H groups in total. The third-order valence-corrected chi connectivity index (χ3v) is 23.2. The second kappa shape index (κ2) is 16.7. The first-order chi connectivity index (χ1) is 35.5. The van der Waals surface area contributed by atoms with E-state index in [1.54, 1.807) is 94.1 Å². The fraction of sp³-hybridized carbons (Fsp3) is 0. The fourth-order valence-corrected chi connectivity index (χ4v) is 18.9. The van der Waals surface area contributed by atoms with Gasteiger partial charge in [0.2, 0.25) is 0 Å². The summed E-state index contributed by atoms with van der Waals surface area (Å²) in [7, 11) is 0. The monoisotopic (exact) mass is 1130 g/mol. The first-order valence-electron chi connectivity index (χ1n) is 22.8. The van der Waals surface area contributed by atoms with Crippen molar-refractivity contribution in [1.29, 1.82) is 0 Å². The Balaban J connectivity index is 0.00000456.